The summed E-state index contributed by atoms with van der Waals surface area (Å²) in [5.74, 6) is -1.66. The Labute approximate surface area is 158 Å². The van der Waals surface area contributed by atoms with Gasteiger partial charge in [-0.15, -0.1) is 0 Å². The summed E-state index contributed by atoms with van der Waals surface area (Å²) in [6.45, 7) is 5.65. The van der Waals surface area contributed by atoms with Gasteiger partial charge in [-0.05, 0) is 55.7 Å². The molecule has 1 fully saturated rings. The molecule has 3 rings (SSSR count). The highest BCUT2D eigenvalue weighted by Gasteiger charge is 2.22. The van der Waals surface area contributed by atoms with Gasteiger partial charge >= 0.3 is 5.97 Å². The average Bonchev–Trinajstić information content (AvgIpc) is 3.22. The van der Waals surface area contributed by atoms with Crippen molar-refractivity contribution in [1.29, 1.82) is 0 Å². The molecule has 142 valence electrons. The molecule has 27 heavy (non-hydrogen) atoms. The molecular formula is C22H24FNO3. The van der Waals surface area contributed by atoms with Crippen molar-refractivity contribution < 1.29 is 18.7 Å². The Bertz CT molecular complexity index is 826. The summed E-state index contributed by atoms with van der Waals surface area (Å²) in [4.78, 5) is 26.6. The van der Waals surface area contributed by atoms with Gasteiger partial charge < -0.3 is 9.64 Å². The Balaban J connectivity index is 1.75. The monoisotopic (exact) mass is 369 g/mol. The number of carbonyl (C=O) groups is 2. The second kappa shape index (κ2) is 8.33. The summed E-state index contributed by atoms with van der Waals surface area (Å²) in [5.41, 5.74) is 2.09. The van der Waals surface area contributed by atoms with E-state index in [1.54, 1.807) is 44.2 Å². The van der Waals surface area contributed by atoms with Gasteiger partial charge in [0, 0.05) is 24.7 Å². The lowest BCUT2D eigenvalue weighted by molar-refractivity contribution is 0.0526. The molecule has 1 aliphatic rings. The van der Waals surface area contributed by atoms with Gasteiger partial charge in [0.2, 0.25) is 0 Å². The number of carbonyl (C=O) groups excluding carboxylic acids is 2. The van der Waals surface area contributed by atoms with Crippen LogP contribution in [0.5, 0.6) is 0 Å². The van der Waals surface area contributed by atoms with Gasteiger partial charge in [-0.1, -0.05) is 19.1 Å². The predicted molar refractivity (Wildman–Crippen MR) is 103 cm³/mol. The summed E-state index contributed by atoms with van der Waals surface area (Å²) in [7, 11) is 0. The Kier molecular flexibility index (Phi) is 5.89. The first kappa shape index (κ1) is 19.1. The molecule has 0 N–H and O–H groups in total. The van der Waals surface area contributed by atoms with E-state index in [0.29, 0.717) is 12.2 Å². The number of ketones is 1. The maximum Gasteiger partial charge on any atom is 0.338 e. The lowest BCUT2D eigenvalue weighted by atomic mass is 9.91. The van der Waals surface area contributed by atoms with Crippen LogP contribution in [0.4, 0.5) is 10.1 Å². The van der Waals surface area contributed by atoms with Crippen LogP contribution < -0.4 is 4.90 Å². The number of esters is 1. The van der Waals surface area contributed by atoms with Crippen LogP contribution in [0.15, 0.2) is 42.5 Å². The zero-order chi connectivity index (χ0) is 19.4. The highest BCUT2D eigenvalue weighted by atomic mass is 19.1. The van der Waals surface area contributed by atoms with Crippen molar-refractivity contribution in [2.45, 2.75) is 32.6 Å². The number of rotatable bonds is 6. The van der Waals surface area contributed by atoms with Crippen molar-refractivity contribution in [1.82, 2.24) is 0 Å². The van der Waals surface area contributed by atoms with Crippen LogP contribution in [0.3, 0.4) is 0 Å². The van der Waals surface area contributed by atoms with E-state index in [1.165, 1.54) is 6.07 Å². The van der Waals surface area contributed by atoms with Crippen LogP contribution in [0.25, 0.3) is 0 Å². The Morgan fingerprint density at radius 2 is 1.78 bits per heavy atom. The fourth-order valence-corrected chi connectivity index (χ4v) is 3.38. The third-order valence-corrected chi connectivity index (χ3v) is 5.00. The van der Waals surface area contributed by atoms with Crippen molar-refractivity contribution in [3.05, 3.63) is 65.0 Å². The largest absolute Gasteiger partial charge is 0.462 e. The number of halogens is 1. The fourth-order valence-electron chi connectivity index (χ4n) is 3.38. The number of hydrogen-bond donors (Lipinski definition) is 0. The van der Waals surface area contributed by atoms with Crippen molar-refractivity contribution >= 4 is 17.4 Å². The van der Waals surface area contributed by atoms with Gasteiger partial charge in [0.05, 0.1) is 17.7 Å². The van der Waals surface area contributed by atoms with E-state index in [1.807, 2.05) is 6.07 Å². The van der Waals surface area contributed by atoms with Gasteiger partial charge in [0.25, 0.3) is 0 Å². The van der Waals surface area contributed by atoms with Crippen LogP contribution in [0.2, 0.25) is 0 Å². The Hall–Kier alpha value is -2.69. The minimum Gasteiger partial charge on any atom is -0.462 e. The van der Waals surface area contributed by atoms with Gasteiger partial charge in [-0.2, -0.15) is 0 Å². The zero-order valence-corrected chi connectivity index (χ0v) is 15.7. The molecule has 1 atom stereocenters. The minimum absolute atomic E-state index is 0.0971. The van der Waals surface area contributed by atoms with Crippen LogP contribution in [0.1, 0.15) is 58.9 Å². The maximum absolute atomic E-state index is 14.6. The van der Waals surface area contributed by atoms with E-state index in [-0.39, 0.29) is 11.3 Å². The number of Topliss-reactive ketones (excluding diaryl/α,β-unsaturated/α-hetero) is 1. The van der Waals surface area contributed by atoms with Gasteiger partial charge in [0.1, 0.15) is 5.82 Å². The molecule has 0 spiro atoms. The molecule has 0 saturated carbocycles. The van der Waals surface area contributed by atoms with Gasteiger partial charge in [0.15, 0.2) is 5.78 Å². The molecule has 2 aromatic rings. The van der Waals surface area contributed by atoms with E-state index in [4.69, 9.17) is 4.74 Å². The molecule has 1 aliphatic heterocycles. The molecule has 4 nitrogen and oxygen atoms in total. The van der Waals surface area contributed by atoms with E-state index < -0.39 is 17.7 Å². The van der Waals surface area contributed by atoms with Crippen molar-refractivity contribution in [3.63, 3.8) is 0 Å². The van der Waals surface area contributed by atoms with Crippen LogP contribution >= 0.6 is 0 Å². The highest BCUT2D eigenvalue weighted by Crippen LogP contribution is 2.27. The lowest BCUT2D eigenvalue weighted by Gasteiger charge is -2.19. The normalized spacial score (nSPS) is 14.9. The summed E-state index contributed by atoms with van der Waals surface area (Å²) >= 11 is 0. The average molecular weight is 369 g/mol. The standard InChI is InChI=1S/C22H24FNO3/c1-3-27-22(26)17-8-6-16(7-9-17)15(2)21(25)19-11-10-18(14-20(19)23)24-12-4-5-13-24/h6-11,14-15H,3-5,12-13H2,1-2H3. The maximum atomic E-state index is 14.6. The number of anilines is 1. The second-order valence-electron chi connectivity index (χ2n) is 6.79. The Morgan fingerprint density at radius 1 is 1.11 bits per heavy atom. The SMILES string of the molecule is CCOC(=O)c1ccc(C(C)C(=O)c2ccc(N3CCCC3)cc2F)cc1. The molecule has 5 heteroatoms. The molecule has 0 aromatic heterocycles. The zero-order valence-electron chi connectivity index (χ0n) is 15.7. The van der Waals surface area contributed by atoms with E-state index in [2.05, 4.69) is 4.90 Å². The quantitative estimate of drug-likeness (QED) is 0.552. The summed E-state index contributed by atoms with van der Waals surface area (Å²) in [6.07, 6.45) is 2.22. The van der Waals surface area contributed by atoms with Gasteiger partial charge in [-0.3, -0.25) is 4.79 Å². The molecular weight excluding hydrogens is 345 g/mol. The van der Waals surface area contributed by atoms with Crippen molar-refractivity contribution in [3.8, 4) is 0 Å². The first-order valence-electron chi connectivity index (χ1n) is 9.37. The van der Waals surface area contributed by atoms with Crippen molar-refractivity contribution in [2.75, 3.05) is 24.6 Å². The van der Waals surface area contributed by atoms with Gasteiger partial charge in [-0.25, -0.2) is 9.18 Å². The molecule has 0 aliphatic carbocycles. The Morgan fingerprint density at radius 3 is 2.37 bits per heavy atom. The molecule has 0 radical (unpaired) electrons. The third-order valence-electron chi connectivity index (χ3n) is 5.00. The van der Waals surface area contributed by atoms with E-state index in [9.17, 15) is 14.0 Å². The van der Waals surface area contributed by atoms with Crippen LogP contribution in [-0.2, 0) is 4.74 Å². The fraction of sp³-hybridized carbons (Fsp3) is 0.364. The highest BCUT2D eigenvalue weighted by molar-refractivity contribution is 6.01. The first-order chi connectivity index (χ1) is 13.0. The number of nitrogens with zero attached hydrogens (tertiary/aromatic N) is 1. The van der Waals surface area contributed by atoms with E-state index >= 15 is 0 Å². The van der Waals surface area contributed by atoms with Crippen LogP contribution in [0, 0.1) is 5.82 Å². The molecule has 1 saturated heterocycles. The summed E-state index contributed by atoms with van der Waals surface area (Å²) in [6, 6.07) is 11.5. The number of hydrogen-bond acceptors (Lipinski definition) is 4. The van der Waals surface area contributed by atoms with E-state index in [0.717, 1.165) is 37.2 Å². The predicted octanol–water partition coefficient (Wildman–Crippen LogP) is 4.59. The molecule has 0 bridgehead atoms. The number of ether oxygens (including phenoxy) is 1. The molecule has 2 aromatic carbocycles. The lowest BCUT2D eigenvalue weighted by Crippen LogP contribution is -2.18. The smallest absolute Gasteiger partial charge is 0.338 e. The molecule has 0 amide bonds. The summed E-state index contributed by atoms with van der Waals surface area (Å²) < 4.78 is 19.5. The third kappa shape index (κ3) is 4.18. The number of benzene rings is 2. The first-order valence-corrected chi connectivity index (χ1v) is 9.37. The van der Waals surface area contributed by atoms with Crippen molar-refractivity contribution in [2.24, 2.45) is 0 Å². The summed E-state index contributed by atoms with van der Waals surface area (Å²) in [5, 5.41) is 0. The molecule has 1 unspecified atom stereocenters. The topological polar surface area (TPSA) is 46.6 Å². The van der Waals surface area contributed by atoms with Crippen LogP contribution in [-0.4, -0.2) is 31.4 Å². The molecule has 1 heterocycles. The second-order valence-corrected chi connectivity index (χ2v) is 6.79. The minimum atomic E-state index is -0.506.